The van der Waals surface area contributed by atoms with Crippen LogP contribution in [-0.2, 0) is 12.7 Å². The summed E-state index contributed by atoms with van der Waals surface area (Å²) in [6.07, 6.45) is -0.256. The molecule has 1 fully saturated rings. The van der Waals surface area contributed by atoms with Crippen LogP contribution in [0.4, 0.5) is 17.6 Å². The molecule has 0 heterocycles. The van der Waals surface area contributed by atoms with Gasteiger partial charge in [0.15, 0.2) is 0 Å². The molecule has 5 heteroatoms. The van der Waals surface area contributed by atoms with Gasteiger partial charge in [-0.25, -0.2) is 4.39 Å². The van der Waals surface area contributed by atoms with Gasteiger partial charge in [0.25, 0.3) is 0 Å². The zero-order valence-electron chi connectivity index (χ0n) is 9.86. The summed E-state index contributed by atoms with van der Waals surface area (Å²) >= 11 is 0. The second kappa shape index (κ2) is 5.26. The first-order valence-electron chi connectivity index (χ1n) is 6.06. The van der Waals surface area contributed by atoms with E-state index in [1.54, 1.807) is 0 Å². The molecule has 1 saturated carbocycles. The van der Waals surface area contributed by atoms with E-state index in [2.05, 4.69) is 5.32 Å². The molecule has 0 aromatic heterocycles. The predicted octanol–water partition coefficient (Wildman–Crippen LogP) is 3.88. The smallest absolute Gasteiger partial charge is 0.310 e. The lowest BCUT2D eigenvalue weighted by Gasteiger charge is -2.16. The molecule has 1 aliphatic carbocycles. The van der Waals surface area contributed by atoms with Gasteiger partial charge in [-0.15, -0.1) is 0 Å². The number of hydrogen-bond donors (Lipinski definition) is 1. The maximum Gasteiger partial charge on any atom is 0.416 e. The summed E-state index contributed by atoms with van der Waals surface area (Å²) in [6, 6.07) is 2.88. The zero-order chi connectivity index (χ0) is 13.2. The topological polar surface area (TPSA) is 12.0 Å². The minimum Gasteiger partial charge on any atom is -0.310 e. The largest absolute Gasteiger partial charge is 0.416 e. The van der Waals surface area contributed by atoms with Crippen molar-refractivity contribution in [3.63, 3.8) is 0 Å². The Morgan fingerprint density at radius 3 is 2.44 bits per heavy atom. The highest BCUT2D eigenvalue weighted by molar-refractivity contribution is 5.30. The Labute approximate surface area is 103 Å². The molecule has 18 heavy (non-hydrogen) atoms. The molecular weight excluding hydrogens is 246 g/mol. The minimum atomic E-state index is -4.43. The van der Waals surface area contributed by atoms with Crippen molar-refractivity contribution in [2.24, 2.45) is 0 Å². The number of hydrogen-bond acceptors (Lipinski definition) is 1. The second-order valence-corrected chi connectivity index (χ2v) is 4.66. The first kappa shape index (κ1) is 13.3. The van der Waals surface area contributed by atoms with Crippen LogP contribution in [0.15, 0.2) is 18.2 Å². The fraction of sp³-hybridized carbons (Fsp3) is 0.538. The summed E-state index contributed by atoms with van der Waals surface area (Å²) in [7, 11) is 0. The fourth-order valence-corrected chi connectivity index (χ4v) is 2.37. The van der Waals surface area contributed by atoms with Crippen LogP contribution in [0.1, 0.15) is 36.8 Å². The normalized spacial score (nSPS) is 17.3. The van der Waals surface area contributed by atoms with Gasteiger partial charge in [0, 0.05) is 12.6 Å². The maximum atomic E-state index is 13.0. The number of alkyl halides is 3. The summed E-state index contributed by atoms with van der Waals surface area (Å²) in [5, 5.41) is 3.07. The molecule has 1 N–H and O–H groups in total. The second-order valence-electron chi connectivity index (χ2n) is 4.66. The molecule has 0 aliphatic heterocycles. The van der Waals surface area contributed by atoms with Crippen LogP contribution in [0.25, 0.3) is 0 Å². The molecule has 1 nitrogen and oxygen atoms in total. The Morgan fingerprint density at radius 1 is 1.17 bits per heavy atom. The average Bonchev–Trinajstić information content (AvgIpc) is 2.77. The summed E-state index contributed by atoms with van der Waals surface area (Å²) in [6.45, 7) is 0.0667. The van der Waals surface area contributed by atoms with Crippen LogP contribution in [-0.4, -0.2) is 6.04 Å². The van der Waals surface area contributed by atoms with Crippen LogP contribution < -0.4 is 5.32 Å². The number of rotatable bonds is 3. The number of benzene rings is 1. The van der Waals surface area contributed by atoms with Crippen molar-refractivity contribution in [3.8, 4) is 0 Å². The van der Waals surface area contributed by atoms with E-state index >= 15 is 0 Å². The molecule has 1 aliphatic rings. The Hall–Kier alpha value is -1.10. The van der Waals surface area contributed by atoms with Gasteiger partial charge in [-0.1, -0.05) is 12.8 Å². The van der Waals surface area contributed by atoms with Crippen molar-refractivity contribution >= 4 is 0 Å². The Kier molecular flexibility index (Phi) is 3.90. The number of nitrogens with one attached hydrogen (secondary N) is 1. The first-order chi connectivity index (χ1) is 8.47. The molecule has 1 aromatic carbocycles. The summed E-state index contributed by atoms with van der Waals surface area (Å²) in [5.74, 6) is -0.633. The van der Waals surface area contributed by atoms with Crippen molar-refractivity contribution in [3.05, 3.63) is 35.1 Å². The molecule has 0 unspecified atom stereocenters. The van der Waals surface area contributed by atoms with Crippen LogP contribution >= 0.6 is 0 Å². The van der Waals surface area contributed by atoms with E-state index in [0.29, 0.717) is 0 Å². The molecule has 0 spiro atoms. The van der Waals surface area contributed by atoms with E-state index in [-0.39, 0.29) is 18.2 Å². The predicted molar refractivity (Wildman–Crippen MR) is 60.5 cm³/mol. The van der Waals surface area contributed by atoms with E-state index in [4.69, 9.17) is 0 Å². The van der Waals surface area contributed by atoms with E-state index in [9.17, 15) is 17.6 Å². The van der Waals surface area contributed by atoms with Crippen molar-refractivity contribution < 1.29 is 17.6 Å². The molecule has 1 aromatic rings. The first-order valence-corrected chi connectivity index (χ1v) is 6.06. The zero-order valence-corrected chi connectivity index (χ0v) is 9.86. The summed E-state index contributed by atoms with van der Waals surface area (Å²) in [5.41, 5.74) is -0.774. The average molecular weight is 261 g/mol. The van der Waals surface area contributed by atoms with Gasteiger partial charge in [-0.05, 0) is 36.6 Å². The minimum absolute atomic E-state index is 0.0191. The third-order valence-corrected chi connectivity index (χ3v) is 3.31. The number of halogens is 4. The Balaban J connectivity index is 2.12. The van der Waals surface area contributed by atoms with Crippen LogP contribution in [0, 0.1) is 5.82 Å². The highest BCUT2D eigenvalue weighted by Crippen LogP contribution is 2.32. The molecule has 100 valence electrons. The molecular formula is C13H15F4N. The molecule has 0 radical (unpaired) electrons. The molecule has 0 atom stereocenters. The van der Waals surface area contributed by atoms with Crippen LogP contribution in [0.5, 0.6) is 0 Å². The lowest BCUT2D eigenvalue weighted by molar-refractivity contribution is -0.138. The van der Waals surface area contributed by atoms with Gasteiger partial charge in [0.05, 0.1) is 5.56 Å². The van der Waals surface area contributed by atoms with Crippen molar-refractivity contribution in [1.82, 2.24) is 5.32 Å². The molecule has 0 amide bonds. The SMILES string of the molecule is Fc1ccc(C(F)(F)F)c(CNC2CCCC2)c1. The standard InChI is InChI=1S/C13H15F4N/c14-10-5-6-12(13(15,16)17)9(7-10)8-18-11-3-1-2-4-11/h5-7,11,18H,1-4,8H2. The fourth-order valence-electron chi connectivity index (χ4n) is 2.37. The maximum absolute atomic E-state index is 13.0. The van der Waals surface area contributed by atoms with Gasteiger partial charge >= 0.3 is 6.18 Å². The lowest BCUT2D eigenvalue weighted by atomic mass is 10.1. The van der Waals surface area contributed by atoms with Gasteiger partial charge < -0.3 is 5.32 Å². The Bertz CT molecular complexity index is 408. The Morgan fingerprint density at radius 2 is 1.83 bits per heavy atom. The highest BCUT2D eigenvalue weighted by Gasteiger charge is 2.33. The molecule has 0 bridgehead atoms. The van der Waals surface area contributed by atoms with E-state index < -0.39 is 17.6 Å². The van der Waals surface area contributed by atoms with Crippen LogP contribution in [0.3, 0.4) is 0 Å². The van der Waals surface area contributed by atoms with Crippen molar-refractivity contribution in [2.45, 2.75) is 44.4 Å². The van der Waals surface area contributed by atoms with E-state index in [1.165, 1.54) is 0 Å². The van der Waals surface area contributed by atoms with Gasteiger partial charge in [0.2, 0.25) is 0 Å². The van der Waals surface area contributed by atoms with Gasteiger partial charge in [-0.2, -0.15) is 13.2 Å². The molecule has 2 rings (SSSR count). The van der Waals surface area contributed by atoms with E-state index in [1.807, 2.05) is 0 Å². The highest BCUT2D eigenvalue weighted by atomic mass is 19.4. The monoisotopic (exact) mass is 261 g/mol. The van der Waals surface area contributed by atoms with Crippen molar-refractivity contribution in [2.75, 3.05) is 0 Å². The van der Waals surface area contributed by atoms with Gasteiger partial charge in [-0.3, -0.25) is 0 Å². The molecule has 0 saturated heterocycles. The third kappa shape index (κ3) is 3.22. The third-order valence-electron chi connectivity index (χ3n) is 3.31. The van der Waals surface area contributed by atoms with E-state index in [0.717, 1.165) is 43.9 Å². The quantitative estimate of drug-likeness (QED) is 0.814. The summed E-state index contributed by atoms with van der Waals surface area (Å²) in [4.78, 5) is 0. The van der Waals surface area contributed by atoms with Crippen LogP contribution in [0.2, 0.25) is 0 Å². The lowest BCUT2D eigenvalue weighted by Crippen LogP contribution is -2.26. The summed E-state index contributed by atoms with van der Waals surface area (Å²) < 4.78 is 51.2. The van der Waals surface area contributed by atoms with Crippen molar-refractivity contribution in [1.29, 1.82) is 0 Å². The van der Waals surface area contributed by atoms with Gasteiger partial charge in [0.1, 0.15) is 5.82 Å².